The molecule has 0 N–H and O–H groups in total. The van der Waals surface area contributed by atoms with Crippen LogP contribution in [0.2, 0.25) is 0 Å². The number of benzene rings is 1. The molecular weight excluding hydrogens is 454 g/mol. The molecule has 1 aromatic carbocycles. The van der Waals surface area contributed by atoms with Crippen molar-refractivity contribution in [1.29, 1.82) is 0 Å². The number of aromatic nitrogens is 5. The average molecular weight is 480 g/mol. The summed E-state index contributed by atoms with van der Waals surface area (Å²) in [5.74, 6) is 3.09. The molecule has 10 nitrogen and oxygen atoms in total. The van der Waals surface area contributed by atoms with Crippen molar-refractivity contribution in [2.45, 2.75) is 17.8 Å². The molecule has 0 bridgehead atoms. The Morgan fingerprint density at radius 3 is 2.62 bits per heavy atom. The first kappa shape index (κ1) is 22.2. The van der Waals surface area contributed by atoms with E-state index >= 15 is 0 Å². The Balaban J connectivity index is 1.20. The first-order valence-corrected chi connectivity index (χ1v) is 12.1. The molecule has 1 atom stereocenters. The third-order valence-electron chi connectivity index (χ3n) is 5.65. The summed E-state index contributed by atoms with van der Waals surface area (Å²) >= 11 is 1.37. The van der Waals surface area contributed by atoms with E-state index in [9.17, 15) is 4.79 Å². The van der Waals surface area contributed by atoms with Gasteiger partial charge in [0.05, 0.1) is 5.75 Å². The number of rotatable bonds is 7. The summed E-state index contributed by atoms with van der Waals surface area (Å²) in [7, 11) is 0. The largest absolute Gasteiger partial charge is 0.485 e. The van der Waals surface area contributed by atoms with Crippen LogP contribution in [-0.2, 0) is 11.3 Å². The summed E-state index contributed by atoms with van der Waals surface area (Å²) in [5.41, 5.74) is 0. The minimum absolute atomic E-state index is 0.0690. The Hall–Kier alpha value is -3.60. The SMILES string of the molecule is C=CCn1c(SCC(=O)N2CCN(c3ncccn3)CC2)nnc1C1COc2ccccc2O1. The van der Waals surface area contributed by atoms with E-state index in [0.717, 1.165) is 0 Å². The van der Waals surface area contributed by atoms with Crippen LogP contribution in [0.5, 0.6) is 11.5 Å². The average Bonchev–Trinajstić information content (AvgIpc) is 3.30. The van der Waals surface area contributed by atoms with Gasteiger partial charge in [0.15, 0.2) is 28.6 Å². The van der Waals surface area contributed by atoms with Gasteiger partial charge >= 0.3 is 0 Å². The Morgan fingerprint density at radius 2 is 1.85 bits per heavy atom. The van der Waals surface area contributed by atoms with Crippen LogP contribution in [0.3, 0.4) is 0 Å². The number of fused-ring (bicyclic) bond motifs is 1. The standard InChI is InChI=1S/C23H25N7O3S/c1-2-10-30-21(19-15-32-17-6-3-4-7-18(17)33-19)26-27-23(30)34-16-20(31)28-11-13-29(14-12-28)22-24-8-5-9-25-22/h2-9,19H,1,10-16H2. The van der Waals surface area contributed by atoms with Crippen LogP contribution in [0.25, 0.3) is 0 Å². The van der Waals surface area contributed by atoms with Gasteiger partial charge < -0.3 is 19.3 Å². The van der Waals surface area contributed by atoms with Crippen LogP contribution in [-0.4, -0.2) is 74.1 Å². The lowest BCUT2D eigenvalue weighted by atomic mass is 10.2. The van der Waals surface area contributed by atoms with Crippen LogP contribution < -0.4 is 14.4 Å². The molecule has 1 amide bonds. The van der Waals surface area contributed by atoms with Gasteiger partial charge in [-0.2, -0.15) is 0 Å². The number of allylic oxidation sites excluding steroid dienone is 1. The lowest BCUT2D eigenvalue weighted by Gasteiger charge is -2.34. The number of hydrogen-bond donors (Lipinski definition) is 0. The number of hydrogen-bond acceptors (Lipinski definition) is 9. The Labute approximate surface area is 201 Å². The van der Waals surface area contributed by atoms with Crippen molar-refractivity contribution in [2.75, 3.05) is 43.4 Å². The molecule has 1 saturated heterocycles. The fourth-order valence-electron chi connectivity index (χ4n) is 3.92. The fourth-order valence-corrected chi connectivity index (χ4v) is 4.78. The van der Waals surface area contributed by atoms with Gasteiger partial charge in [0, 0.05) is 45.1 Å². The molecule has 11 heteroatoms. The smallest absolute Gasteiger partial charge is 0.233 e. The van der Waals surface area contributed by atoms with Crippen molar-refractivity contribution >= 4 is 23.6 Å². The molecule has 3 aromatic rings. The number of thioether (sulfide) groups is 1. The van der Waals surface area contributed by atoms with Gasteiger partial charge in [0.1, 0.15) is 6.61 Å². The Bertz CT molecular complexity index is 1150. The van der Waals surface area contributed by atoms with Gasteiger partial charge in [-0.1, -0.05) is 30.0 Å². The van der Waals surface area contributed by atoms with Crippen molar-refractivity contribution in [1.82, 2.24) is 29.6 Å². The van der Waals surface area contributed by atoms with Gasteiger partial charge in [-0.15, -0.1) is 16.8 Å². The number of carbonyl (C=O) groups is 1. The van der Waals surface area contributed by atoms with E-state index in [4.69, 9.17) is 9.47 Å². The maximum Gasteiger partial charge on any atom is 0.233 e. The minimum Gasteiger partial charge on any atom is -0.485 e. The molecule has 2 aliphatic rings. The third-order valence-corrected chi connectivity index (χ3v) is 6.60. The van der Waals surface area contributed by atoms with Crippen LogP contribution in [0.1, 0.15) is 11.9 Å². The molecule has 5 rings (SSSR count). The lowest BCUT2D eigenvalue weighted by molar-refractivity contribution is -0.128. The van der Waals surface area contributed by atoms with Crippen LogP contribution in [0.4, 0.5) is 5.95 Å². The van der Waals surface area contributed by atoms with E-state index in [1.165, 1.54) is 11.8 Å². The van der Waals surface area contributed by atoms with Crippen molar-refractivity contribution < 1.29 is 14.3 Å². The van der Waals surface area contributed by atoms with E-state index in [0.29, 0.717) is 67.8 Å². The summed E-state index contributed by atoms with van der Waals surface area (Å²) in [6, 6.07) is 9.35. The van der Waals surface area contributed by atoms with Gasteiger partial charge in [0.2, 0.25) is 11.9 Å². The normalized spacial score (nSPS) is 17.5. The number of carbonyl (C=O) groups excluding carboxylic acids is 1. The second-order valence-electron chi connectivity index (χ2n) is 7.81. The quantitative estimate of drug-likeness (QED) is 0.373. The van der Waals surface area contributed by atoms with Crippen molar-refractivity contribution in [2.24, 2.45) is 0 Å². The fraction of sp³-hybridized carbons (Fsp3) is 0.348. The third kappa shape index (κ3) is 4.69. The highest BCUT2D eigenvalue weighted by molar-refractivity contribution is 7.99. The molecule has 1 fully saturated rings. The summed E-state index contributed by atoms with van der Waals surface area (Å²) in [6.45, 7) is 7.38. The first-order valence-electron chi connectivity index (χ1n) is 11.1. The molecule has 0 saturated carbocycles. The molecule has 1 unspecified atom stereocenters. The Morgan fingerprint density at radius 1 is 1.09 bits per heavy atom. The van der Waals surface area contributed by atoms with Gasteiger partial charge in [-0.25, -0.2) is 9.97 Å². The summed E-state index contributed by atoms with van der Waals surface area (Å²) in [4.78, 5) is 25.4. The van der Waals surface area contributed by atoms with E-state index in [1.54, 1.807) is 24.5 Å². The Kier molecular flexibility index (Phi) is 6.61. The number of para-hydroxylation sites is 2. The maximum absolute atomic E-state index is 12.9. The second kappa shape index (κ2) is 10.1. The van der Waals surface area contributed by atoms with Gasteiger partial charge in [0.25, 0.3) is 0 Å². The zero-order chi connectivity index (χ0) is 23.3. The molecule has 0 radical (unpaired) electrons. The minimum atomic E-state index is -0.388. The topological polar surface area (TPSA) is 98.5 Å². The van der Waals surface area contributed by atoms with E-state index in [2.05, 4.69) is 31.6 Å². The molecule has 2 aromatic heterocycles. The maximum atomic E-state index is 12.9. The zero-order valence-corrected chi connectivity index (χ0v) is 19.4. The highest BCUT2D eigenvalue weighted by atomic mass is 32.2. The number of piperazine rings is 1. The molecule has 2 aliphatic heterocycles. The monoisotopic (exact) mass is 479 g/mol. The van der Waals surface area contributed by atoms with Gasteiger partial charge in [-0.05, 0) is 18.2 Å². The summed E-state index contributed by atoms with van der Waals surface area (Å²) < 4.78 is 13.9. The molecule has 34 heavy (non-hydrogen) atoms. The predicted molar refractivity (Wildman–Crippen MR) is 127 cm³/mol. The van der Waals surface area contributed by atoms with Crippen molar-refractivity contribution in [3.05, 3.63) is 61.2 Å². The summed E-state index contributed by atoms with van der Waals surface area (Å²) in [5, 5.41) is 9.35. The van der Waals surface area contributed by atoms with E-state index in [-0.39, 0.29) is 17.8 Å². The van der Waals surface area contributed by atoms with E-state index < -0.39 is 0 Å². The zero-order valence-electron chi connectivity index (χ0n) is 18.6. The van der Waals surface area contributed by atoms with Gasteiger partial charge in [-0.3, -0.25) is 9.36 Å². The lowest BCUT2D eigenvalue weighted by Crippen LogP contribution is -2.49. The van der Waals surface area contributed by atoms with Crippen LogP contribution in [0, 0.1) is 0 Å². The molecule has 0 spiro atoms. The number of anilines is 1. The molecule has 0 aliphatic carbocycles. The van der Waals surface area contributed by atoms with Crippen molar-refractivity contribution in [3.63, 3.8) is 0 Å². The number of amides is 1. The molecular formula is C23H25N7O3S. The predicted octanol–water partition coefficient (Wildman–Crippen LogP) is 2.21. The van der Waals surface area contributed by atoms with Crippen LogP contribution in [0.15, 0.2) is 60.5 Å². The number of nitrogens with zero attached hydrogens (tertiary/aromatic N) is 7. The highest BCUT2D eigenvalue weighted by Gasteiger charge is 2.29. The highest BCUT2D eigenvalue weighted by Crippen LogP contribution is 2.36. The van der Waals surface area contributed by atoms with Crippen molar-refractivity contribution in [3.8, 4) is 11.5 Å². The molecule has 4 heterocycles. The van der Waals surface area contributed by atoms with E-state index in [1.807, 2.05) is 33.7 Å². The van der Waals surface area contributed by atoms with Crippen LogP contribution >= 0.6 is 11.8 Å². The first-order chi connectivity index (χ1) is 16.7. The molecule has 176 valence electrons. The number of ether oxygens (including phenoxy) is 2. The second-order valence-corrected chi connectivity index (χ2v) is 8.75. The summed E-state index contributed by atoms with van der Waals surface area (Å²) in [6.07, 6.45) is 4.85.